The lowest BCUT2D eigenvalue weighted by molar-refractivity contribution is -0.387. The zero-order chi connectivity index (χ0) is 21.7. The maximum atomic E-state index is 11.7. The van der Waals surface area contributed by atoms with Gasteiger partial charge < -0.3 is 19.6 Å². The fourth-order valence-electron chi connectivity index (χ4n) is 2.64. The lowest BCUT2D eigenvalue weighted by Gasteiger charge is -2.11. The molecule has 9 nitrogen and oxygen atoms in total. The summed E-state index contributed by atoms with van der Waals surface area (Å²) in [6.07, 6.45) is 3.02. The van der Waals surface area contributed by atoms with Gasteiger partial charge in [0.15, 0.2) is 11.5 Å². The molecule has 0 aliphatic carbocycles. The Labute approximate surface area is 171 Å². The second kappa shape index (κ2) is 8.91. The van der Waals surface area contributed by atoms with Crippen molar-refractivity contribution in [3.05, 3.63) is 85.4 Å². The Morgan fingerprint density at radius 1 is 1.17 bits per heavy atom. The molecular formula is C21H19N3O6. The summed E-state index contributed by atoms with van der Waals surface area (Å²) in [7, 11) is 1.52. The minimum absolute atomic E-state index is 0.0261. The Bertz CT molecular complexity index is 1150. The van der Waals surface area contributed by atoms with Gasteiger partial charge in [0.2, 0.25) is 0 Å². The summed E-state index contributed by atoms with van der Waals surface area (Å²) < 4.78 is 11.2. The Hall–Kier alpha value is -4.14. The smallest absolute Gasteiger partial charge is 0.395 e. The van der Waals surface area contributed by atoms with Crippen LogP contribution in [-0.2, 0) is 6.61 Å². The normalized spacial score (nSPS) is 10.9. The van der Waals surface area contributed by atoms with Crippen LogP contribution in [0.1, 0.15) is 22.5 Å². The number of rotatable bonds is 7. The van der Waals surface area contributed by atoms with Crippen LogP contribution in [0.15, 0.2) is 47.3 Å². The highest BCUT2D eigenvalue weighted by Crippen LogP contribution is 2.29. The molecule has 2 aromatic carbocycles. The predicted molar refractivity (Wildman–Crippen MR) is 111 cm³/mol. The topological polar surface area (TPSA) is 128 Å². The second-order valence-corrected chi connectivity index (χ2v) is 6.40. The lowest BCUT2D eigenvalue weighted by atomic mass is 10.1. The highest BCUT2D eigenvalue weighted by Gasteiger charge is 2.21. The Balaban J connectivity index is 1.76. The van der Waals surface area contributed by atoms with Crippen molar-refractivity contribution in [2.24, 2.45) is 0 Å². The highest BCUT2D eigenvalue weighted by atomic mass is 16.6. The first-order valence-electron chi connectivity index (χ1n) is 8.89. The molecule has 0 saturated heterocycles. The van der Waals surface area contributed by atoms with Crippen molar-refractivity contribution < 1.29 is 19.5 Å². The number of benzene rings is 2. The predicted octanol–water partition coefficient (Wildman–Crippen LogP) is 3.45. The van der Waals surface area contributed by atoms with Crippen molar-refractivity contribution in [2.45, 2.75) is 13.5 Å². The van der Waals surface area contributed by atoms with E-state index in [0.717, 1.165) is 5.56 Å². The van der Waals surface area contributed by atoms with Gasteiger partial charge in [-0.2, -0.15) is 4.98 Å². The monoisotopic (exact) mass is 409 g/mol. The van der Waals surface area contributed by atoms with E-state index < -0.39 is 22.0 Å². The van der Waals surface area contributed by atoms with E-state index in [0.29, 0.717) is 23.7 Å². The molecule has 0 atom stereocenters. The third-order valence-corrected chi connectivity index (χ3v) is 4.21. The van der Waals surface area contributed by atoms with Gasteiger partial charge >= 0.3 is 11.2 Å². The van der Waals surface area contributed by atoms with E-state index in [1.807, 2.05) is 31.2 Å². The molecule has 154 valence electrons. The van der Waals surface area contributed by atoms with Crippen molar-refractivity contribution in [1.29, 1.82) is 0 Å². The third-order valence-electron chi connectivity index (χ3n) is 4.21. The molecule has 2 N–H and O–H groups in total. The molecule has 0 aliphatic heterocycles. The molecule has 9 heteroatoms. The molecule has 0 aliphatic rings. The second-order valence-electron chi connectivity index (χ2n) is 6.40. The van der Waals surface area contributed by atoms with Crippen molar-refractivity contribution >= 4 is 17.8 Å². The fraction of sp³-hybridized carbons (Fsp3) is 0.143. The summed E-state index contributed by atoms with van der Waals surface area (Å²) in [5.41, 5.74) is 0.868. The number of ether oxygens (including phenoxy) is 2. The molecule has 0 fully saturated rings. The van der Waals surface area contributed by atoms with Crippen LogP contribution in [0.5, 0.6) is 17.4 Å². The van der Waals surface area contributed by atoms with E-state index >= 15 is 0 Å². The number of hydrogen-bond acceptors (Lipinski definition) is 7. The van der Waals surface area contributed by atoms with Crippen LogP contribution in [0, 0.1) is 17.0 Å². The first kappa shape index (κ1) is 20.6. The van der Waals surface area contributed by atoms with Crippen LogP contribution in [-0.4, -0.2) is 27.1 Å². The standard InChI is InChI=1S/C21H19N3O6/c1-13-3-5-15(6-4-13)12-30-16-9-7-14(11-17(16)29-2)8-10-18-22-20(25)19(24(27)28)21(26)23-18/h3-11H,12H2,1-2H3,(H2,22,23,25,26). The van der Waals surface area contributed by atoms with Crippen LogP contribution < -0.4 is 15.0 Å². The summed E-state index contributed by atoms with van der Waals surface area (Å²) in [5.74, 6) is 0.106. The summed E-state index contributed by atoms with van der Waals surface area (Å²) in [6, 6.07) is 13.3. The first-order chi connectivity index (χ1) is 14.4. The van der Waals surface area contributed by atoms with Gasteiger partial charge in [-0.15, -0.1) is 0 Å². The van der Waals surface area contributed by atoms with Crippen molar-refractivity contribution in [3.8, 4) is 17.4 Å². The molecule has 30 heavy (non-hydrogen) atoms. The Kier molecular flexibility index (Phi) is 6.11. The summed E-state index contributed by atoms with van der Waals surface area (Å²) in [6.45, 7) is 2.40. The van der Waals surface area contributed by atoms with Crippen molar-refractivity contribution in [2.75, 3.05) is 7.11 Å². The number of hydrogen-bond donors (Lipinski definition) is 2. The number of methoxy groups -OCH3 is 1. The average molecular weight is 409 g/mol. The van der Waals surface area contributed by atoms with Gasteiger partial charge in [-0.05, 0) is 36.3 Å². The number of H-pyrrole nitrogens is 1. The van der Waals surface area contributed by atoms with E-state index in [9.17, 15) is 20.0 Å². The van der Waals surface area contributed by atoms with Gasteiger partial charge in [0, 0.05) is 0 Å². The minimum Gasteiger partial charge on any atom is -0.493 e. The molecule has 0 saturated carbocycles. The number of aromatic hydroxyl groups is 1. The van der Waals surface area contributed by atoms with Crippen LogP contribution in [0.4, 0.5) is 5.69 Å². The summed E-state index contributed by atoms with van der Waals surface area (Å²) >= 11 is 0. The van der Waals surface area contributed by atoms with Gasteiger partial charge in [0.1, 0.15) is 12.4 Å². The molecular weight excluding hydrogens is 390 g/mol. The lowest BCUT2D eigenvalue weighted by Crippen LogP contribution is -2.14. The number of nitro groups is 1. The van der Waals surface area contributed by atoms with E-state index in [-0.39, 0.29) is 5.82 Å². The van der Waals surface area contributed by atoms with Gasteiger partial charge in [0.25, 0.3) is 5.88 Å². The van der Waals surface area contributed by atoms with E-state index in [1.165, 1.54) is 18.7 Å². The molecule has 0 radical (unpaired) electrons. The fourth-order valence-corrected chi connectivity index (χ4v) is 2.64. The van der Waals surface area contributed by atoms with Gasteiger partial charge in [0.05, 0.1) is 12.0 Å². The van der Waals surface area contributed by atoms with Gasteiger partial charge in [-0.3, -0.25) is 14.9 Å². The minimum atomic E-state index is -1.04. The van der Waals surface area contributed by atoms with Gasteiger partial charge in [-0.1, -0.05) is 42.0 Å². The number of nitrogens with zero attached hydrogens (tertiary/aromatic N) is 2. The zero-order valence-electron chi connectivity index (χ0n) is 16.3. The van der Waals surface area contributed by atoms with Crippen LogP contribution in [0.25, 0.3) is 12.2 Å². The quantitative estimate of drug-likeness (QED) is 0.452. The maximum Gasteiger partial charge on any atom is 0.395 e. The van der Waals surface area contributed by atoms with Gasteiger partial charge in [-0.25, -0.2) is 0 Å². The number of aromatic nitrogens is 2. The highest BCUT2D eigenvalue weighted by molar-refractivity contribution is 5.68. The molecule has 0 spiro atoms. The SMILES string of the molecule is COc1cc(C=Cc2nc(O)c([N+](=O)[O-])c(=O)[nH]2)ccc1OCc1ccc(C)cc1. The van der Waals surface area contributed by atoms with Crippen molar-refractivity contribution in [3.63, 3.8) is 0 Å². The largest absolute Gasteiger partial charge is 0.493 e. The maximum absolute atomic E-state index is 11.7. The molecule has 0 bridgehead atoms. The first-order valence-corrected chi connectivity index (χ1v) is 8.89. The van der Waals surface area contributed by atoms with Crippen LogP contribution >= 0.6 is 0 Å². The number of aryl methyl sites for hydroxylation is 1. The zero-order valence-corrected chi connectivity index (χ0v) is 16.3. The molecule has 3 aromatic rings. The summed E-state index contributed by atoms with van der Waals surface area (Å²) in [4.78, 5) is 27.3. The third kappa shape index (κ3) is 4.82. The van der Waals surface area contributed by atoms with E-state index in [2.05, 4.69) is 9.97 Å². The van der Waals surface area contributed by atoms with E-state index in [1.54, 1.807) is 24.3 Å². The number of nitrogens with one attached hydrogen (secondary N) is 1. The van der Waals surface area contributed by atoms with Crippen molar-refractivity contribution in [1.82, 2.24) is 9.97 Å². The summed E-state index contributed by atoms with van der Waals surface area (Å²) in [5, 5.41) is 20.3. The van der Waals surface area contributed by atoms with Crippen LogP contribution in [0.2, 0.25) is 0 Å². The molecule has 0 unspecified atom stereocenters. The number of aromatic amines is 1. The van der Waals surface area contributed by atoms with Crippen LogP contribution in [0.3, 0.4) is 0 Å². The Morgan fingerprint density at radius 2 is 1.90 bits per heavy atom. The molecule has 0 amide bonds. The molecule has 1 aromatic heterocycles. The molecule has 3 rings (SSSR count). The molecule has 1 heterocycles. The Morgan fingerprint density at radius 3 is 2.53 bits per heavy atom. The average Bonchev–Trinajstić information content (AvgIpc) is 2.71. The van der Waals surface area contributed by atoms with E-state index in [4.69, 9.17) is 9.47 Å².